The van der Waals surface area contributed by atoms with E-state index in [9.17, 15) is 0 Å². The number of aromatic nitrogens is 2. The molecule has 0 saturated heterocycles. The van der Waals surface area contributed by atoms with E-state index in [4.69, 9.17) is 9.84 Å². The summed E-state index contributed by atoms with van der Waals surface area (Å²) in [5.74, 6) is 0.876. The number of rotatable bonds is 7. The van der Waals surface area contributed by atoms with E-state index in [2.05, 4.69) is 110 Å². The molecule has 0 aliphatic heterocycles. The summed E-state index contributed by atoms with van der Waals surface area (Å²) in [7, 11) is 0. The molecule has 1 heterocycles. The molecule has 174 valence electrons. The molecule has 0 bridgehead atoms. The average Bonchev–Trinajstić information content (AvgIpc) is 3.29. The molecule has 0 amide bonds. The van der Waals surface area contributed by atoms with Gasteiger partial charge in [0.15, 0.2) is 0 Å². The second-order valence-corrected chi connectivity index (χ2v) is 8.65. The van der Waals surface area contributed by atoms with Crippen molar-refractivity contribution in [1.29, 1.82) is 0 Å². The molecule has 1 aromatic heterocycles. The maximum absolute atomic E-state index is 5.78. The summed E-state index contributed by atoms with van der Waals surface area (Å²) < 4.78 is 7.92. The Hall–Kier alpha value is -4.11. The zero-order chi connectivity index (χ0) is 24.2. The topological polar surface area (TPSA) is 27.1 Å². The van der Waals surface area contributed by atoms with Crippen LogP contribution in [0.4, 0.5) is 0 Å². The molecular formula is C32H30N2O. The molecule has 0 saturated carbocycles. The first-order valence-electron chi connectivity index (χ1n) is 12.3. The monoisotopic (exact) mass is 458 g/mol. The Balaban J connectivity index is 1.75. The minimum atomic E-state index is 0.643. The summed E-state index contributed by atoms with van der Waals surface area (Å²) in [6.07, 6.45) is 0.858. The second-order valence-electron chi connectivity index (χ2n) is 8.65. The highest BCUT2D eigenvalue weighted by atomic mass is 16.5. The zero-order valence-electron chi connectivity index (χ0n) is 20.5. The van der Waals surface area contributed by atoms with Gasteiger partial charge in [-0.1, -0.05) is 97.4 Å². The van der Waals surface area contributed by atoms with E-state index in [1.165, 1.54) is 22.4 Å². The fourth-order valence-electron chi connectivity index (χ4n) is 4.62. The number of hydrogen-bond acceptors (Lipinski definition) is 2. The number of ether oxygens (including phenoxy) is 1. The third-order valence-corrected chi connectivity index (χ3v) is 6.29. The highest BCUT2D eigenvalue weighted by molar-refractivity contribution is 5.84. The normalized spacial score (nSPS) is 10.9. The molecule has 4 aromatic carbocycles. The van der Waals surface area contributed by atoms with Crippen LogP contribution in [0.15, 0.2) is 103 Å². The van der Waals surface area contributed by atoms with Crippen LogP contribution < -0.4 is 4.74 Å². The van der Waals surface area contributed by atoms with Gasteiger partial charge in [0.1, 0.15) is 11.4 Å². The zero-order valence-corrected chi connectivity index (χ0v) is 20.5. The number of benzene rings is 4. The Bertz CT molecular complexity index is 1430. The van der Waals surface area contributed by atoms with Gasteiger partial charge in [-0.3, -0.25) is 0 Å². The van der Waals surface area contributed by atoms with Gasteiger partial charge >= 0.3 is 0 Å². The molecule has 0 N–H and O–H groups in total. The highest BCUT2D eigenvalue weighted by Crippen LogP contribution is 2.38. The van der Waals surface area contributed by atoms with E-state index in [1.807, 2.05) is 19.1 Å². The van der Waals surface area contributed by atoms with E-state index in [0.717, 1.165) is 40.2 Å². The fourth-order valence-corrected chi connectivity index (χ4v) is 4.62. The summed E-state index contributed by atoms with van der Waals surface area (Å²) in [5, 5.41) is 5.26. The van der Waals surface area contributed by atoms with Crippen LogP contribution in [0.25, 0.3) is 39.2 Å². The van der Waals surface area contributed by atoms with Gasteiger partial charge in [-0.25, -0.2) is 4.68 Å². The summed E-state index contributed by atoms with van der Waals surface area (Å²) >= 11 is 0. The van der Waals surface area contributed by atoms with Gasteiger partial charge in [0.25, 0.3) is 0 Å². The van der Waals surface area contributed by atoms with Gasteiger partial charge < -0.3 is 4.74 Å². The SMILES string of the molecule is CCOc1cccc(-c2ccccc2-n2nc(-c3ccc(C)cc3)c(-c3ccccc3)c2CC)c1. The molecule has 3 heteroatoms. The van der Waals surface area contributed by atoms with Crippen molar-refractivity contribution in [1.82, 2.24) is 9.78 Å². The van der Waals surface area contributed by atoms with Crippen LogP contribution >= 0.6 is 0 Å². The number of aryl methyl sites for hydroxylation is 1. The van der Waals surface area contributed by atoms with Crippen LogP contribution in [0.2, 0.25) is 0 Å². The predicted molar refractivity (Wildman–Crippen MR) is 145 cm³/mol. The molecular weight excluding hydrogens is 428 g/mol. The molecule has 0 aliphatic carbocycles. The van der Waals surface area contributed by atoms with Crippen molar-refractivity contribution in [3.63, 3.8) is 0 Å². The molecule has 0 radical (unpaired) electrons. The Morgan fingerprint density at radius 3 is 2.17 bits per heavy atom. The molecule has 0 fully saturated rings. The van der Waals surface area contributed by atoms with Crippen molar-refractivity contribution in [2.45, 2.75) is 27.2 Å². The van der Waals surface area contributed by atoms with E-state index in [-0.39, 0.29) is 0 Å². The second kappa shape index (κ2) is 10.0. The summed E-state index contributed by atoms with van der Waals surface area (Å²) in [6.45, 7) is 6.97. The lowest BCUT2D eigenvalue weighted by Gasteiger charge is -2.14. The number of nitrogens with zero attached hydrogens (tertiary/aromatic N) is 2. The smallest absolute Gasteiger partial charge is 0.119 e. The predicted octanol–water partition coefficient (Wildman–Crippen LogP) is 8.14. The van der Waals surface area contributed by atoms with Crippen molar-refractivity contribution in [3.8, 4) is 44.9 Å². The van der Waals surface area contributed by atoms with Crippen LogP contribution in [0.3, 0.4) is 0 Å². The van der Waals surface area contributed by atoms with E-state index in [0.29, 0.717) is 6.61 Å². The largest absolute Gasteiger partial charge is 0.494 e. The van der Waals surface area contributed by atoms with Gasteiger partial charge in [-0.2, -0.15) is 5.10 Å². The lowest BCUT2D eigenvalue weighted by molar-refractivity contribution is 0.340. The van der Waals surface area contributed by atoms with E-state index in [1.54, 1.807) is 0 Å². The van der Waals surface area contributed by atoms with Crippen LogP contribution in [0, 0.1) is 6.92 Å². The third kappa shape index (κ3) is 4.50. The first-order valence-corrected chi connectivity index (χ1v) is 12.3. The van der Waals surface area contributed by atoms with Crippen molar-refractivity contribution < 1.29 is 4.74 Å². The molecule has 0 aliphatic rings. The van der Waals surface area contributed by atoms with Crippen molar-refractivity contribution in [2.75, 3.05) is 6.61 Å². The van der Waals surface area contributed by atoms with E-state index < -0.39 is 0 Å². The molecule has 35 heavy (non-hydrogen) atoms. The lowest BCUT2D eigenvalue weighted by Crippen LogP contribution is -2.04. The van der Waals surface area contributed by atoms with Gasteiger partial charge in [0, 0.05) is 16.7 Å². The van der Waals surface area contributed by atoms with Gasteiger partial charge in [-0.15, -0.1) is 0 Å². The lowest BCUT2D eigenvalue weighted by atomic mass is 9.97. The minimum absolute atomic E-state index is 0.643. The van der Waals surface area contributed by atoms with Crippen molar-refractivity contribution in [3.05, 3.63) is 114 Å². The molecule has 5 aromatic rings. The summed E-state index contributed by atoms with van der Waals surface area (Å²) in [4.78, 5) is 0. The van der Waals surface area contributed by atoms with Gasteiger partial charge in [-0.05, 0) is 49.6 Å². The molecule has 3 nitrogen and oxygen atoms in total. The summed E-state index contributed by atoms with van der Waals surface area (Å²) in [6, 6.07) is 36.0. The molecule has 5 rings (SSSR count). The Morgan fingerprint density at radius 2 is 1.43 bits per heavy atom. The standard InChI is InChI=1S/C32H30N2O/c1-4-29-31(24-12-7-6-8-13-24)32(25-20-18-23(3)19-21-25)33-34(29)30-17-10-9-16-28(30)26-14-11-15-27(22-26)35-5-2/h6-22H,4-5H2,1-3H3. The van der Waals surface area contributed by atoms with Gasteiger partial charge in [0.05, 0.1) is 18.0 Å². The van der Waals surface area contributed by atoms with Crippen LogP contribution in [0.5, 0.6) is 5.75 Å². The quantitative estimate of drug-likeness (QED) is 0.246. The fraction of sp³-hybridized carbons (Fsp3) is 0.156. The molecule has 0 unspecified atom stereocenters. The van der Waals surface area contributed by atoms with Crippen molar-refractivity contribution >= 4 is 0 Å². The maximum atomic E-state index is 5.78. The highest BCUT2D eigenvalue weighted by Gasteiger charge is 2.22. The van der Waals surface area contributed by atoms with Crippen LogP contribution in [-0.4, -0.2) is 16.4 Å². The third-order valence-electron chi connectivity index (χ3n) is 6.29. The first-order chi connectivity index (χ1) is 17.2. The van der Waals surface area contributed by atoms with E-state index >= 15 is 0 Å². The van der Waals surface area contributed by atoms with Crippen LogP contribution in [0.1, 0.15) is 25.1 Å². The molecule has 0 spiro atoms. The maximum Gasteiger partial charge on any atom is 0.119 e. The first kappa shape index (κ1) is 22.7. The van der Waals surface area contributed by atoms with Gasteiger partial charge in [0.2, 0.25) is 0 Å². The Labute approximate surface area is 207 Å². The van der Waals surface area contributed by atoms with Crippen molar-refractivity contribution in [2.24, 2.45) is 0 Å². The average molecular weight is 459 g/mol. The number of hydrogen-bond donors (Lipinski definition) is 0. The Morgan fingerprint density at radius 1 is 0.714 bits per heavy atom. The minimum Gasteiger partial charge on any atom is -0.494 e. The Kier molecular flexibility index (Phi) is 6.49. The molecule has 0 atom stereocenters. The summed E-state index contributed by atoms with van der Waals surface area (Å²) in [5.41, 5.74) is 10.2. The number of para-hydroxylation sites is 1. The van der Waals surface area contributed by atoms with Crippen LogP contribution in [-0.2, 0) is 6.42 Å².